The molecule has 32 heavy (non-hydrogen) atoms. The van der Waals surface area contributed by atoms with E-state index >= 15 is 0 Å². The molecule has 9 heteroatoms. The van der Waals surface area contributed by atoms with E-state index in [0.717, 1.165) is 43.9 Å². The van der Waals surface area contributed by atoms with Crippen molar-refractivity contribution in [3.8, 4) is 0 Å². The van der Waals surface area contributed by atoms with Gasteiger partial charge in [0.15, 0.2) is 11.5 Å². The first-order chi connectivity index (χ1) is 15.5. The van der Waals surface area contributed by atoms with E-state index in [1.54, 1.807) is 28.8 Å². The van der Waals surface area contributed by atoms with Crippen LogP contribution < -0.4 is 10.2 Å². The summed E-state index contributed by atoms with van der Waals surface area (Å²) in [4.78, 5) is 27.0. The van der Waals surface area contributed by atoms with E-state index in [1.807, 2.05) is 26.0 Å². The minimum atomic E-state index is -0.341. The number of nitrogens with zero attached hydrogens (tertiary/aromatic N) is 5. The predicted octanol–water partition coefficient (Wildman–Crippen LogP) is 3.24. The van der Waals surface area contributed by atoms with Gasteiger partial charge in [-0.05, 0) is 62.6 Å². The monoisotopic (exact) mass is 436 g/mol. The number of aryl methyl sites for hydroxylation is 1. The number of rotatable bonds is 7. The van der Waals surface area contributed by atoms with E-state index in [9.17, 15) is 9.59 Å². The van der Waals surface area contributed by atoms with Gasteiger partial charge in [-0.15, -0.1) is 15.3 Å². The van der Waals surface area contributed by atoms with Gasteiger partial charge in [-0.1, -0.05) is 13.3 Å². The van der Waals surface area contributed by atoms with Crippen LogP contribution in [0.2, 0.25) is 0 Å². The van der Waals surface area contributed by atoms with Gasteiger partial charge in [-0.3, -0.25) is 4.79 Å². The number of ether oxygens (including phenoxy) is 1. The summed E-state index contributed by atoms with van der Waals surface area (Å²) in [6, 6.07) is 10.6. The molecule has 1 aliphatic heterocycles. The number of amides is 1. The van der Waals surface area contributed by atoms with E-state index in [1.165, 1.54) is 0 Å². The number of fused-ring (bicyclic) bond motifs is 1. The highest BCUT2D eigenvalue weighted by Crippen LogP contribution is 2.23. The molecular formula is C23H28N6O3. The average Bonchev–Trinajstić information content (AvgIpc) is 3.20. The van der Waals surface area contributed by atoms with Crippen molar-refractivity contribution < 1.29 is 14.3 Å². The van der Waals surface area contributed by atoms with Crippen molar-refractivity contribution >= 4 is 29.0 Å². The molecule has 168 valence electrons. The van der Waals surface area contributed by atoms with Crippen LogP contribution in [0.4, 0.5) is 11.5 Å². The van der Waals surface area contributed by atoms with Crippen LogP contribution in [0.5, 0.6) is 0 Å². The molecule has 0 radical (unpaired) electrons. The molecule has 2 aromatic heterocycles. The first kappa shape index (κ1) is 21.7. The first-order valence-electron chi connectivity index (χ1n) is 11.1. The number of benzene rings is 1. The maximum atomic E-state index is 12.9. The van der Waals surface area contributed by atoms with Crippen molar-refractivity contribution in [3.63, 3.8) is 0 Å². The fraction of sp³-hybridized carbons (Fsp3) is 0.435. The zero-order valence-electron chi connectivity index (χ0n) is 18.5. The number of anilines is 2. The average molecular weight is 437 g/mol. The van der Waals surface area contributed by atoms with Gasteiger partial charge in [0.2, 0.25) is 5.91 Å². The fourth-order valence-corrected chi connectivity index (χ4v) is 3.78. The molecule has 1 aromatic carbocycles. The number of nitrogens with one attached hydrogen (secondary N) is 1. The maximum absolute atomic E-state index is 12.9. The van der Waals surface area contributed by atoms with E-state index in [0.29, 0.717) is 30.0 Å². The Balaban J connectivity index is 1.36. The summed E-state index contributed by atoms with van der Waals surface area (Å²) in [7, 11) is 0. The van der Waals surface area contributed by atoms with Gasteiger partial charge in [0, 0.05) is 18.8 Å². The second-order valence-electron chi connectivity index (χ2n) is 8.05. The number of aromatic nitrogens is 4. The molecule has 0 spiro atoms. The first-order valence-corrected chi connectivity index (χ1v) is 11.1. The minimum absolute atomic E-state index is 0.0328. The van der Waals surface area contributed by atoms with Crippen molar-refractivity contribution in [1.29, 1.82) is 0 Å². The van der Waals surface area contributed by atoms with Crippen LogP contribution >= 0.6 is 0 Å². The Morgan fingerprint density at radius 2 is 1.97 bits per heavy atom. The van der Waals surface area contributed by atoms with Gasteiger partial charge in [0.25, 0.3) is 0 Å². The van der Waals surface area contributed by atoms with Crippen LogP contribution in [0, 0.1) is 12.8 Å². The van der Waals surface area contributed by atoms with Crippen molar-refractivity contribution in [1.82, 2.24) is 19.8 Å². The molecule has 1 saturated heterocycles. The van der Waals surface area contributed by atoms with Crippen LogP contribution in [0.15, 0.2) is 36.4 Å². The molecule has 3 aromatic rings. The lowest BCUT2D eigenvalue weighted by Gasteiger charge is -2.32. The van der Waals surface area contributed by atoms with Crippen molar-refractivity contribution in [2.24, 2.45) is 5.92 Å². The molecule has 1 atom stereocenters. The summed E-state index contributed by atoms with van der Waals surface area (Å²) in [6.07, 6.45) is 3.54. The van der Waals surface area contributed by atoms with Crippen LogP contribution in [-0.2, 0) is 9.53 Å². The Bertz CT molecular complexity index is 1090. The van der Waals surface area contributed by atoms with Gasteiger partial charge in [0.1, 0.15) is 5.82 Å². The molecule has 0 unspecified atom stereocenters. The van der Waals surface area contributed by atoms with Gasteiger partial charge in [-0.2, -0.15) is 4.52 Å². The van der Waals surface area contributed by atoms with Crippen LogP contribution in [0.25, 0.3) is 5.65 Å². The highest BCUT2D eigenvalue weighted by molar-refractivity contribution is 5.94. The number of esters is 1. The van der Waals surface area contributed by atoms with Crippen molar-refractivity contribution in [2.45, 2.75) is 39.5 Å². The number of carbonyl (C=O) groups is 2. The third-order valence-electron chi connectivity index (χ3n) is 5.64. The third kappa shape index (κ3) is 4.87. The molecule has 1 amide bonds. The quantitative estimate of drug-likeness (QED) is 0.448. The predicted molar refractivity (Wildman–Crippen MR) is 121 cm³/mol. The highest BCUT2D eigenvalue weighted by atomic mass is 16.5. The van der Waals surface area contributed by atoms with E-state index in [2.05, 4.69) is 25.5 Å². The summed E-state index contributed by atoms with van der Waals surface area (Å²) in [6.45, 7) is 5.76. The summed E-state index contributed by atoms with van der Waals surface area (Å²) in [5.74, 6) is 1.01. The Morgan fingerprint density at radius 1 is 1.16 bits per heavy atom. The lowest BCUT2D eigenvalue weighted by atomic mass is 9.97. The summed E-state index contributed by atoms with van der Waals surface area (Å²) < 4.78 is 6.94. The topological polar surface area (TPSA) is 102 Å². The second kappa shape index (κ2) is 9.76. The largest absolute Gasteiger partial charge is 0.462 e. The normalized spacial score (nSPS) is 16.2. The standard InChI is InChI=1S/C23H28N6O3/c1-3-4-14-32-23(31)17-7-9-19(10-8-17)24-22(30)18-6-5-13-28(15-18)21-12-11-20-26-25-16(2)29(20)27-21/h7-12,18H,3-6,13-15H2,1-2H3,(H,24,30)/t18-/m0/s1. The van der Waals surface area contributed by atoms with Gasteiger partial charge >= 0.3 is 5.97 Å². The van der Waals surface area contributed by atoms with Crippen LogP contribution in [0.3, 0.4) is 0 Å². The molecule has 4 rings (SSSR count). The van der Waals surface area contributed by atoms with Crippen LogP contribution in [-0.4, -0.2) is 51.4 Å². The minimum Gasteiger partial charge on any atom is -0.462 e. The molecular weight excluding hydrogens is 408 g/mol. The van der Waals surface area contributed by atoms with E-state index < -0.39 is 0 Å². The number of hydrogen-bond donors (Lipinski definition) is 1. The Morgan fingerprint density at radius 3 is 2.75 bits per heavy atom. The lowest BCUT2D eigenvalue weighted by molar-refractivity contribution is -0.120. The molecule has 3 heterocycles. The molecule has 1 aliphatic rings. The number of hydrogen-bond acceptors (Lipinski definition) is 7. The molecule has 9 nitrogen and oxygen atoms in total. The zero-order valence-corrected chi connectivity index (χ0v) is 18.5. The van der Waals surface area contributed by atoms with Gasteiger partial charge < -0.3 is 15.0 Å². The van der Waals surface area contributed by atoms with Crippen LogP contribution in [0.1, 0.15) is 48.8 Å². The number of unbranched alkanes of at least 4 members (excludes halogenated alkanes) is 1. The van der Waals surface area contributed by atoms with E-state index in [4.69, 9.17) is 4.74 Å². The zero-order chi connectivity index (χ0) is 22.5. The summed E-state index contributed by atoms with van der Waals surface area (Å²) in [5, 5.41) is 15.7. The molecule has 0 saturated carbocycles. The Hall–Kier alpha value is -3.49. The van der Waals surface area contributed by atoms with Gasteiger partial charge in [0.05, 0.1) is 18.1 Å². The maximum Gasteiger partial charge on any atom is 0.338 e. The molecule has 1 fully saturated rings. The third-order valence-corrected chi connectivity index (χ3v) is 5.64. The number of piperidine rings is 1. The van der Waals surface area contributed by atoms with Crippen molar-refractivity contribution in [3.05, 3.63) is 47.8 Å². The number of carbonyl (C=O) groups excluding carboxylic acids is 2. The highest BCUT2D eigenvalue weighted by Gasteiger charge is 2.27. The van der Waals surface area contributed by atoms with Gasteiger partial charge in [-0.25, -0.2) is 4.79 Å². The smallest absolute Gasteiger partial charge is 0.338 e. The fourth-order valence-electron chi connectivity index (χ4n) is 3.78. The second-order valence-corrected chi connectivity index (χ2v) is 8.05. The summed E-state index contributed by atoms with van der Waals surface area (Å²) in [5.41, 5.74) is 1.85. The van der Waals surface area contributed by atoms with E-state index in [-0.39, 0.29) is 17.8 Å². The Kier molecular flexibility index (Phi) is 6.63. The van der Waals surface area contributed by atoms with Crippen molar-refractivity contribution in [2.75, 3.05) is 29.9 Å². The molecule has 1 N–H and O–H groups in total. The Labute approximate surface area is 186 Å². The SMILES string of the molecule is CCCCOC(=O)c1ccc(NC(=O)[C@H]2CCCN(c3ccc4nnc(C)n4n3)C2)cc1. The molecule has 0 aliphatic carbocycles. The summed E-state index contributed by atoms with van der Waals surface area (Å²) >= 11 is 0. The molecule has 0 bridgehead atoms. The lowest BCUT2D eigenvalue weighted by Crippen LogP contribution is -2.41.